The molecule has 1 aromatic rings. The highest BCUT2D eigenvalue weighted by Crippen LogP contribution is 2.36. The van der Waals surface area contributed by atoms with E-state index in [4.69, 9.17) is 4.74 Å². The Balaban J connectivity index is 1.74. The van der Waals surface area contributed by atoms with Crippen LogP contribution in [-0.4, -0.2) is 41.5 Å². The van der Waals surface area contributed by atoms with Gasteiger partial charge in [-0.2, -0.15) is 0 Å². The average Bonchev–Trinajstić information content (AvgIpc) is 2.98. The van der Waals surface area contributed by atoms with Gasteiger partial charge in [0.1, 0.15) is 0 Å². The zero-order valence-electron chi connectivity index (χ0n) is 13.9. The Labute approximate surface area is 137 Å². The summed E-state index contributed by atoms with van der Waals surface area (Å²) in [6.07, 6.45) is 5.28. The van der Waals surface area contributed by atoms with Crippen molar-refractivity contribution in [2.75, 3.05) is 19.7 Å². The fourth-order valence-corrected chi connectivity index (χ4v) is 3.69. The van der Waals surface area contributed by atoms with Crippen molar-refractivity contribution in [2.24, 2.45) is 5.41 Å². The summed E-state index contributed by atoms with van der Waals surface area (Å²) in [4.78, 5) is 31.4. The molecule has 23 heavy (non-hydrogen) atoms. The summed E-state index contributed by atoms with van der Waals surface area (Å²) in [5.41, 5.74) is 1.53. The van der Waals surface area contributed by atoms with Crippen LogP contribution in [0.25, 0.3) is 0 Å². The van der Waals surface area contributed by atoms with E-state index in [0.717, 1.165) is 25.0 Å². The second kappa shape index (κ2) is 6.30. The van der Waals surface area contributed by atoms with Crippen LogP contribution in [0, 0.1) is 5.41 Å². The lowest BCUT2D eigenvalue weighted by Crippen LogP contribution is -2.39. The van der Waals surface area contributed by atoms with Crippen molar-refractivity contribution in [1.82, 2.24) is 9.88 Å². The lowest BCUT2D eigenvalue weighted by molar-refractivity contribution is -0.153. The number of aryl methyl sites for hydroxylation is 1. The van der Waals surface area contributed by atoms with Gasteiger partial charge in [0.15, 0.2) is 0 Å². The van der Waals surface area contributed by atoms with E-state index in [2.05, 4.69) is 11.1 Å². The molecule has 0 aromatic carbocycles. The van der Waals surface area contributed by atoms with Crippen molar-refractivity contribution in [3.05, 3.63) is 29.6 Å². The highest BCUT2D eigenvalue weighted by atomic mass is 16.5. The predicted molar refractivity (Wildman–Crippen MR) is 85.9 cm³/mol. The van der Waals surface area contributed by atoms with Gasteiger partial charge in [0, 0.05) is 19.3 Å². The van der Waals surface area contributed by atoms with Crippen LogP contribution in [-0.2, 0) is 20.7 Å². The van der Waals surface area contributed by atoms with Gasteiger partial charge in [-0.25, -0.2) is 0 Å². The summed E-state index contributed by atoms with van der Waals surface area (Å²) < 4.78 is 5.17. The maximum atomic E-state index is 13.0. The molecule has 1 aliphatic carbocycles. The molecule has 1 amide bonds. The van der Waals surface area contributed by atoms with Crippen LogP contribution in [0.15, 0.2) is 18.3 Å². The van der Waals surface area contributed by atoms with Gasteiger partial charge in [-0.15, -0.1) is 0 Å². The normalized spacial score (nSPS) is 26.7. The molecule has 3 rings (SSSR count). The summed E-state index contributed by atoms with van der Waals surface area (Å²) >= 11 is 0. The molecule has 5 nitrogen and oxygen atoms in total. The van der Waals surface area contributed by atoms with Crippen LogP contribution >= 0.6 is 0 Å². The molecule has 1 fully saturated rings. The molecule has 0 bridgehead atoms. The monoisotopic (exact) mass is 316 g/mol. The maximum absolute atomic E-state index is 13.0. The minimum Gasteiger partial charge on any atom is -0.466 e. The third kappa shape index (κ3) is 2.96. The van der Waals surface area contributed by atoms with Gasteiger partial charge >= 0.3 is 5.97 Å². The number of ether oxygens (including phenoxy) is 1. The van der Waals surface area contributed by atoms with E-state index in [1.165, 1.54) is 5.56 Å². The predicted octanol–water partition coefficient (Wildman–Crippen LogP) is 2.30. The molecular weight excluding hydrogens is 292 g/mol. The molecular formula is C18H24N2O3. The molecule has 0 N–H and O–H groups in total. The third-order valence-electron chi connectivity index (χ3n) is 5.05. The molecule has 0 saturated carbocycles. The number of esters is 1. The quantitative estimate of drug-likeness (QED) is 0.803. The molecule has 124 valence electrons. The highest BCUT2D eigenvalue weighted by molar-refractivity contribution is 5.86. The van der Waals surface area contributed by atoms with Crippen LogP contribution in [0.4, 0.5) is 0 Å². The van der Waals surface area contributed by atoms with Crippen LogP contribution in [0.2, 0.25) is 0 Å². The number of fused-ring (bicyclic) bond motifs is 1. The molecule has 2 heterocycles. The smallest absolute Gasteiger partial charge is 0.313 e. The Morgan fingerprint density at radius 1 is 1.48 bits per heavy atom. The second-order valence-corrected chi connectivity index (χ2v) is 6.78. The SMILES string of the molecule is CCOC(=O)[C@]1(C)CCN(C(=O)[C@H]2CCCc3cccnc32)C1. The summed E-state index contributed by atoms with van der Waals surface area (Å²) in [6.45, 7) is 5.15. The zero-order valence-corrected chi connectivity index (χ0v) is 13.9. The van der Waals surface area contributed by atoms with Crippen LogP contribution in [0.1, 0.15) is 50.3 Å². The minimum atomic E-state index is -0.576. The number of pyridine rings is 1. The summed E-state index contributed by atoms with van der Waals surface area (Å²) in [5.74, 6) is -0.250. The number of rotatable bonds is 3. The standard InChI is InChI=1S/C18H24N2O3/c1-3-23-17(22)18(2)9-11-20(12-18)16(21)14-8-4-6-13-7-5-10-19-15(13)14/h5,7,10,14H,3-4,6,8-9,11-12H2,1-2H3/t14-,18+/m0/s1. The first-order valence-electron chi connectivity index (χ1n) is 8.45. The molecule has 1 aromatic heterocycles. The number of amides is 1. The molecule has 0 spiro atoms. The number of carbonyl (C=O) groups excluding carboxylic acids is 2. The van der Waals surface area contributed by atoms with Crippen molar-refractivity contribution in [2.45, 2.75) is 45.4 Å². The van der Waals surface area contributed by atoms with Gasteiger partial charge in [0.05, 0.1) is 23.6 Å². The first kappa shape index (κ1) is 16.0. The van der Waals surface area contributed by atoms with Gasteiger partial charge in [-0.3, -0.25) is 14.6 Å². The van der Waals surface area contributed by atoms with Crippen molar-refractivity contribution >= 4 is 11.9 Å². The molecule has 5 heteroatoms. The molecule has 1 saturated heterocycles. The van der Waals surface area contributed by atoms with Gasteiger partial charge in [-0.1, -0.05) is 6.07 Å². The molecule has 2 aliphatic rings. The first-order chi connectivity index (χ1) is 11.0. The van der Waals surface area contributed by atoms with Crippen LogP contribution in [0.3, 0.4) is 0 Å². The lowest BCUT2D eigenvalue weighted by atomic mass is 9.85. The number of likely N-dealkylation sites (tertiary alicyclic amines) is 1. The number of carbonyl (C=O) groups is 2. The maximum Gasteiger partial charge on any atom is 0.313 e. The van der Waals surface area contributed by atoms with Gasteiger partial charge in [0.25, 0.3) is 0 Å². The largest absolute Gasteiger partial charge is 0.466 e. The highest BCUT2D eigenvalue weighted by Gasteiger charge is 2.45. The van der Waals surface area contributed by atoms with Crippen molar-refractivity contribution in [3.8, 4) is 0 Å². The summed E-state index contributed by atoms with van der Waals surface area (Å²) in [7, 11) is 0. The number of hydrogen-bond donors (Lipinski definition) is 0. The zero-order chi connectivity index (χ0) is 16.4. The van der Waals surface area contributed by atoms with E-state index in [1.54, 1.807) is 6.20 Å². The lowest BCUT2D eigenvalue weighted by Gasteiger charge is -2.28. The Hall–Kier alpha value is -1.91. The van der Waals surface area contributed by atoms with Crippen LogP contribution in [0.5, 0.6) is 0 Å². The Morgan fingerprint density at radius 3 is 3.09 bits per heavy atom. The first-order valence-corrected chi connectivity index (χ1v) is 8.45. The summed E-state index contributed by atoms with van der Waals surface area (Å²) in [6, 6.07) is 3.99. The average molecular weight is 316 g/mol. The summed E-state index contributed by atoms with van der Waals surface area (Å²) in [5, 5.41) is 0. The second-order valence-electron chi connectivity index (χ2n) is 6.78. The van der Waals surface area contributed by atoms with E-state index >= 15 is 0 Å². The van der Waals surface area contributed by atoms with Crippen molar-refractivity contribution < 1.29 is 14.3 Å². The Morgan fingerprint density at radius 2 is 2.30 bits per heavy atom. The van der Waals surface area contributed by atoms with E-state index < -0.39 is 5.41 Å². The van der Waals surface area contributed by atoms with Crippen molar-refractivity contribution in [1.29, 1.82) is 0 Å². The topological polar surface area (TPSA) is 59.5 Å². The Bertz CT molecular complexity index is 616. The van der Waals surface area contributed by atoms with E-state index in [1.807, 2.05) is 24.8 Å². The van der Waals surface area contributed by atoms with E-state index in [-0.39, 0.29) is 17.8 Å². The number of nitrogens with zero attached hydrogens (tertiary/aromatic N) is 2. The Kier molecular flexibility index (Phi) is 4.37. The number of hydrogen-bond acceptors (Lipinski definition) is 4. The number of aromatic nitrogens is 1. The van der Waals surface area contributed by atoms with E-state index in [0.29, 0.717) is 26.1 Å². The fourth-order valence-electron chi connectivity index (χ4n) is 3.69. The van der Waals surface area contributed by atoms with Gasteiger partial charge < -0.3 is 9.64 Å². The molecule has 0 radical (unpaired) electrons. The van der Waals surface area contributed by atoms with Gasteiger partial charge in [-0.05, 0) is 51.2 Å². The molecule has 0 unspecified atom stereocenters. The third-order valence-corrected chi connectivity index (χ3v) is 5.05. The van der Waals surface area contributed by atoms with Crippen LogP contribution < -0.4 is 0 Å². The fraction of sp³-hybridized carbons (Fsp3) is 0.611. The van der Waals surface area contributed by atoms with Gasteiger partial charge in [0.2, 0.25) is 5.91 Å². The van der Waals surface area contributed by atoms with E-state index in [9.17, 15) is 9.59 Å². The van der Waals surface area contributed by atoms with Crippen molar-refractivity contribution in [3.63, 3.8) is 0 Å². The molecule has 1 aliphatic heterocycles. The minimum absolute atomic E-state index is 0.109. The molecule has 2 atom stereocenters.